The molecule has 0 heterocycles. The molecule has 0 spiro atoms. The monoisotopic (exact) mass is 337 g/mol. The van der Waals surface area contributed by atoms with Gasteiger partial charge in [-0.05, 0) is 49.4 Å². The van der Waals surface area contributed by atoms with Crippen molar-refractivity contribution in [1.82, 2.24) is 0 Å². The second kappa shape index (κ2) is 7.11. The molecule has 2 aromatic rings. The van der Waals surface area contributed by atoms with Crippen molar-refractivity contribution in [2.75, 3.05) is 5.32 Å². The van der Waals surface area contributed by atoms with Crippen LogP contribution in [0.4, 0.5) is 10.1 Å². The Kier molecular flexibility index (Phi) is 5.18. The summed E-state index contributed by atoms with van der Waals surface area (Å²) in [5.74, 6) is -2.21. The van der Waals surface area contributed by atoms with E-state index in [0.717, 1.165) is 0 Å². The van der Waals surface area contributed by atoms with Gasteiger partial charge >= 0.3 is 5.97 Å². The summed E-state index contributed by atoms with van der Waals surface area (Å²) < 4.78 is 17.8. The summed E-state index contributed by atoms with van der Waals surface area (Å²) in [6.07, 6.45) is -1.11. The van der Waals surface area contributed by atoms with E-state index in [-0.39, 0.29) is 16.3 Å². The fourth-order valence-electron chi connectivity index (χ4n) is 1.73. The molecule has 0 aliphatic heterocycles. The normalized spacial score (nSPS) is 11.6. The highest BCUT2D eigenvalue weighted by molar-refractivity contribution is 6.30. The second-order valence-corrected chi connectivity index (χ2v) is 5.14. The van der Waals surface area contributed by atoms with Crippen molar-refractivity contribution >= 4 is 29.2 Å². The Hall–Kier alpha value is -2.60. The quantitative estimate of drug-likeness (QED) is 0.839. The molecule has 0 fully saturated rings. The fraction of sp³-hybridized carbons (Fsp3) is 0.125. The Morgan fingerprint density at radius 3 is 2.48 bits per heavy atom. The summed E-state index contributed by atoms with van der Waals surface area (Å²) in [6.45, 7) is 1.38. The molecule has 1 amide bonds. The molecule has 0 saturated heterocycles. The molecule has 5 nitrogen and oxygen atoms in total. The molecule has 0 unspecified atom stereocenters. The van der Waals surface area contributed by atoms with Gasteiger partial charge in [0.05, 0.1) is 0 Å². The molecule has 0 radical (unpaired) electrons. The van der Waals surface area contributed by atoms with Gasteiger partial charge in [0.2, 0.25) is 0 Å². The van der Waals surface area contributed by atoms with Crippen LogP contribution < -0.4 is 5.32 Å². The molecular weight excluding hydrogens is 325 g/mol. The van der Waals surface area contributed by atoms with Gasteiger partial charge in [0.25, 0.3) is 5.91 Å². The van der Waals surface area contributed by atoms with E-state index in [1.165, 1.54) is 49.4 Å². The van der Waals surface area contributed by atoms with Crippen LogP contribution in [0.1, 0.15) is 17.3 Å². The Bertz CT molecular complexity index is 733. The van der Waals surface area contributed by atoms with Crippen molar-refractivity contribution < 1.29 is 23.8 Å². The minimum Gasteiger partial charge on any atom is -0.507 e. The maximum absolute atomic E-state index is 12.8. The molecule has 23 heavy (non-hydrogen) atoms. The number of halogens is 2. The largest absolute Gasteiger partial charge is 0.507 e. The first-order valence-corrected chi connectivity index (χ1v) is 7.00. The molecule has 0 aliphatic rings. The highest BCUT2D eigenvalue weighted by Crippen LogP contribution is 2.23. The van der Waals surface area contributed by atoms with Crippen LogP contribution in [0, 0.1) is 5.82 Å². The molecule has 0 saturated carbocycles. The Labute approximate surface area is 136 Å². The van der Waals surface area contributed by atoms with Crippen molar-refractivity contribution in [1.29, 1.82) is 0 Å². The number of phenols is 1. The van der Waals surface area contributed by atoms with Crippen LogP contribution in [0.15, 0.2) is 42.5 Å². The zero-order valence-corrected chi connectivity index (χ0v) is 12.8. The second-order valence-electron chi connectivity index (χ2n) is 4.71. The molecule has 0 aliphatic carbocycles. The van der Waals surface area contributed by atoms with E-state index < -0.39 is 23.8 Å². The van der Waals surface area contributed by atoms with Gasteiger partial charge in [0.15, 0.2) is 6.10 Å². The van der Waals surface area contributed by atoms with Gasteiger partial charge in [-0.15, -0.1) is 0 Å². The minimum atomic E-state index is -1.11. The number of benzene rings is 2. The van der Waals surface area contributed by atoms with Crippen LogP contribution >= 0.6 is 11.6 Å². The van der Waals surface area contributed by atoms with Crippen LogP contribution in [-0.2, 0) is 9.53 Å². The number of carbonyl (C=O) groups excluding carboxylic acids is 2. The number of rotatable bonds is 4. The number of anilines is 1. The summed E-state index contributed by atoms with van der Waals surface area (Å²) >= 11 is 5.68. The van der Waals surface area contributed by atoms with Crippen molar-refractivity contribution in [2.45, 2.75) is 13.0 Å². The smallest absolute Gasteiger partial charge is 0.342 e. The predicted molar refractivity (Wildman–Crippen MR) is 83.0 cm³/mol. The third-order valence-corrected chi connectivity index (χ3v) is 3.18. The zero-order valence-electron chi connectivity index (χ0n) is 12.0. The summed E-state index contributed by atoms with van der Waals surface area (Å²) in [5, 5.41) is 12.4. The van der Waals surface area contributed by atoms with Crippen LogP contribution in [0.3, 0.4) is 0 Å². The molecule has 0 bridgehead atoms. The topological polar surface area (TPSA) is 75.6 Å². The summed E-state index contributed by atoms with van der Waals surface area (Å²) in [6, 6.07) is 9.06. The Morgan fingerprint density at radius 2 is 1.87 bits per heavy atom. The first-order valence-electron chi connectivity index (χ1n) is 6.63. The van der Waals surface area contributed by atoms with E-state index in [1.54, 1.807) is 0 Å². The average Bonchev–Trinajstić information content (AvgIpc) is 2.49. The SMILES string of the molecule is C[C@@H](OC(=O)c1ccc(Cl)cc1O)C(=O)Nc1ccc(F)cc1. The lowest BCUT2D eigenvalue weighted by molar-refractivity contribution is -0.123. The third kappa shape index (κ3) is 4.43. The number of phenolic OH excluding ortho intramolecular Hbond substituents is 1. The highest BCUT2D eigenvalue weighted by Gasteiger charge is 2.21. The van der Waals surface area contributed by atoms with Crippen molar-refractivity contribution in [2.24, 2.45) is 0 Å². The number of hydrogen-bond donors (Lipinski definition) is 2. The molecule has 2 aromatic carbocycles. The molecule has 7 heteroatoms. The third-order valence-electron chi connectivity index (χ3n) is 2.94. The predicted octanol–water partition coefficient (Wildman–Crippen LogP) is 3.37. The van der Waals surface area contributed by atoms with E-state index in [9.17, 15) is 19.1 Å². The van der Waals surface area contributed by atoms with E-state index >= 15 is 0 Å². The highest BCUT2D eigenvalue weighted by atomic mass is 35.5. The maximum Gasteiger partial charge on any atom is 0.342 e. The first kappa shape index (κ1) is 16.8. The van der Waals surface area contributed by atoms with Gasteiger partial charge < -0.3 is 15.2 Å². The lowest BCUT2D eigenvalue weighted by Crippen LogP contribution is -2.30. The molecule has 2 rings (SSSR count). The Morgan fingerprint density at radius 1 is 1.22 bits per heavy atom. The van der Waals surface area contributed by atoms with Gasteiger partial charge in [0, 0.05) is 10.7 Å². The van der Waals surface area contributed by atoms with E-state index in [1.807, 2.05) is 0 Å². The van der Waals surface area contributed by atoms with Gasteiger partial charge in [-0.2, -0.15) is 0 Å². The van der Waals surface area contributed by atoms with Crippen LogP contribution in [-0.4, -0.2) is 23.1 Å². The Balaban J connectivity index is 2.00. The summed E-state index contributed by atoms with van der Waals surface area (Å²) in [4.78, 5) is 23.9. The number of hydrogen-bond acceptors (Lipinski definition) is 4. The van der Waals surface area contributed by atoms with Gasteiger partial charge in [-0.25, -0.2) is 9.18 Å². The van der Waals surface area contributed by atoms with Gasteiger partial charge in [-0.3, -0.25) is 4.79 Å². The van der Waals surface area contributed by atoms with Crippen LogP contribution in [0.2, 0.25) is 5.02 Å². The lowest BCUT2D eigenvalue weighted by atomic mass is 10.2. The van der Waals surface area contributed by atoms with Crippen LogP contribution in [0.25, 0.3) is 0 Å². The van der Waals surface area contributed by atoms with Crippen molar-refractivity contribution in [3.8, 4) is 5.75 Å². The molecule has 120 valence electrons. The summed E-state index contributed by atoms with van der Waals surface area (Å²) in [5.41, 5.74) is 0.268. The molecular formula is C16H13ClFNO4. The lowest BCUT2D eigenvalue weighted by Gasteiger charge is -2.14. The number of nitrogens with one attached hydrogen (secondary N) is 1. The van der Waals surface area contributed by atoms with E-state index in [4.69, 9.17) is 16.3 Å². The van der Waals surface area contributed by atoms with E-state index in [0.29, 0.717) is 5.69 Å². The van der Waals surface area contributed by atoms with Gasteiger partial charge in [0.1, 0.15) is 17.1 Å². The van der Waals surface area contributed by atoms with Crippen molar-refractivity contribution in [3.63, 3.8) is 0 Å². The number of carbonyl (C=O) groups is 2. The number of aromatic hydroxyl groups is 1. The standard InChI is InChI=1S/C16H13ClFNO4/c1-9(15(21)19-12-5-3-11(18)4-6-12)23-16(22)13-7-2-10(17)8-14(13)20/h2-9,20H,1H3,(H,19,21)/t9-/m1/s1. The fourth-order valence-corrected chi connectivity index (χ4v) is 1.90. The van der Waals surface area contributed by atoms with E-state index in [2.05, 4.69) is 5.32 Å². The zero-order chi connectivity index (χ0) is 17.0. The first-order chi connectivity index (χ1) is 10.9. The number of esters is 1. The molecule has 0 aromatic heterocycles. The number of amides is 1. The average molecular weight is 338 g/mol. The minimum absolute atomic E-state index is 0.101. The molecule has 1 atom stereocenters. The van der Waals surface area contributed by atoms with Crippen molar-refractivity contribution in [3.05, 3.63) is 58.9 Å². The molecule has 2 N–H and O–H groups in total. The summed E-state index contributed by atoms with van der Waals surface area (Å²) in [7, 11) is 0. The number of ether oxygens (including phenoxy) is 1. The maximum atomic E-state index is 12.8. The van der Waals surface area contributed by atoms with Crippen LogP contribution in [0.5, 0.6) is 5.75 Å². The van der Waals surface area contributed by atoms with Gasteiger partial charge in [-0.1, -0.05) is 11.6 Å².